The Morgan fingerprint density at radius 1 is 0.943 bits per heavy atom. The number of aliphatic hydroxyl groups excluding tert-OH is 1. The van der Waals surface area contributed by atoms with Gasteiger partial charge in [0, 0.05) is 18.5 Å². The Balaban J connectivity index is 2.66. The van der Waals surface area contributed by atoms with Crippen LogP contribution in [-0.4, -0.2) is 54.0 Å². The minimum Gasteiger partial charge on any atom is -0.392 e. The Bertz CT molecular complexity index is 780. The van der Waals surface area contributed by atoms with Crippen LogP contribution in [0.25, 0.3) is 0 Å². The summed E-state index contributed by atoms with van der Waals surface area (Å²) in [4.78, 5) is 49.4. The number of nitrogens with two attached hydrogens (primary N) is 2. The summed E-state index contributed by atoms with van der Waals surface area (Å²) in [5.41, 5.74) is 9.30. The molecule has 35 heavy (non-hydrogen) atoms. The van der Waals surface area contributed by atoms with Crippen molar-refractivity contribution in [3.05, 3.63) is 23.4 Å². The maximum Gasteiger partial charge on any atom is 0.246 e. The lowest BCUT2D eigenvalue weighted by molar-refractivity contribution is -0.133. The first-order chi connectivity index (χ1) is 16.7. The molecule has 0 heterocycles. The Morgan fingerprint density at radius 2 is 1.63 bits per heavy atom. The van der Waals surface area contributed by atoms with Crippen LogP contribution in [0.2, 0.25) is 0 Å². The van der Waals surface area contributed by atoms with E-state index in [1.807, 2.05) is 13.8 Å². The van der Waals surface area contributed by atoms with Crippen LogP contribution in [0.1, 0.15) is 71.6 Å². The summed E-state index contributed by atoms with van der Waals surface area (Å²) in [5.74, 6) is 3.58. The molecule has 1 aliphatic rings. The number of nitrogens with one attached hydrogen (secondary N) is 4. The van der Waals surface area contributed by atoms with E-state index in [0.29, 0.717) is 57.9 Å². The molecule has 0 radical (unpaired) electrons. The van der Waals surface area contributed by atoms with Crippen molar-refractivity contribution in [2.45, 2.75) is 83.7 Å². The van der Waals surface area contributed by atoms with Crippen LogP contribution in [-0.2, 0) is 19.2 Å². The lowest BCUT2D eigenvalue weighted by Crippen LogP contribution is -2.55. The molecule has 1 aliphatic carbocycles. The van der Waals surface area contributed by atoms with E-state index in [4.69, 9.17) is 11.6 Å². The second kappa shape index (κ2) is 16.8. The molecule has 0 saturated heterocycles. The van der Waals surface area contributed by atoms with Crippen molar-refractivity contribution >= 4 is 23.6 Å². The van der Waals surface area contributed by atoms with Crippen LogP contribution < -0.4 is 33.0 Å². The van der Waals surface area contributed by atoms with Crippen molar-refractivity contribution in [2.75, 3.05) is 13.2 Å². The van der Waals surface area contributed by atoms with Crippen molar-refractivity contribution in [3.8, 4) is 0 Å². The van der Waals surface area contributed by atoms with Crippen molar-refractivity contribution in [3.63, 3.8) is 0 Å². The number of unbranched alkanes of at least 4 members (excludes halogenated alkanes) is 2. The zero-order valence-corrected chi connectivity index (χ0v) is 20.9. The Hall–Kier alpha value is -2.76. The van der Waals surface area contributed by atoms with Gasteiger partial charge in [-0.05, 0) is 62.6 Å². The van der Waals surface area contributed by atoms with E-state index in [9.17, 15) is 24.3 Å². The number of hydrogen-bond donors (Lipinski definition) is 7. The summed E-state index contributed by atoms with van der Waals surface area (Å²) in [6.45, 7) is 4.01. The van der Waals surface area contributed by atoms with Crippen molar-refractivity contribution < 1.29 is 24.3 Å². The topological polar surface area (TPSA) is 189 Å². The number of carbonyl (C=O) groups excluding carboxylic acids is 4. The van der Waals surface area contributed by atoms with Gasteiger partial charge < -0.3 is 26.8 Å². The first-order valence-corrected chi connectivity index (χ1v) is 12.3. The predicted octanol–water partition coefficient (Wildman–Crippen LogP) is 0.00390. The highest BCUT2D eigenvalue weighted by molar-refractivity contribution is 5.92. The quantitative estimate of drug-likeness (QED) is 0.0680. The van der Waals surface area contributed by atoms with Gasteiger partial charge in [0.25, 0.3) is 0 Å². The smallest absolute Gasteiger partial charge is 0.246 e. The van der Waals surface area contributed by atoms with Crippen LogP contribution in [0.3, 0.4) is 0 Å². The normalized spacial score (nSPS) is 14.9. The first kappa shape index (κ1) is 30.3. The molecule has 4 amide bonds. The molecular formula is C24H42N6O5. The van der Waals surface area contributed by atoms with Gasteiger partial charge in [-0.15, -0.1) is 0 Å². The molecule has 0 aromatic carbocycles. The maximum atomic E-state index is 13.0. The summed E-state index contributed by atoms with van der Waals surface area (Å²) >= 11 is 0. The van der Waals surface area contributed by atoms with Gasteiger partial charge in [-0.3, -0.25) is 24.6 Å². The third-order valence-electron chi connectivity index (χ3n) is 5.79. The molecule has 0 saturated carbocycles. The predicted molar refractivity (Wildman–Crippen MR) is 133 cm³/mol. The van der Waals surface area contributed by atoms with E-state index in [2.05, 4.69) is 21.4 Å². The average Bonchev–Trinajstić information content (AvgIpc) is 2.84. The molecule has 0 aromatic rings. The Labute approximate surface area is 207 Å². The number of hydrogen-bond acceptors (Lipinski definition) is 7. The minimum absolute atomic E-state index is 0.0132. The average molecular weight is 495 g/mol. The molecular weight excluding hydrogens is 452 g/mol. The number of rotatable bonds is 16. The lowest BCUT2D eigenvalue weighted by atomic mass is 10.0. The third kappa shape index (κ3) is 12.0. The van der Waals surface area contributed by atoms with Gasteiger partial charge in [-0.2, -0.15) is 0 Å². The monoisotopic (exact) mass is 494 g/mol. The van der Waals surface area contributed by atoms with Gasteiger partial charge in [-0.25, -0.2) is 5.84 Å². The molecule has 0 aliphatic heterocycles. The number of hydrazine groups is 1. The zero-order valence-electron chi connectivity index (χ0n) is 20.9. The highest BCUT2D eigenvalue weighted by Gasteiger charge is 2.29. The van der Waals surface area contributed by atoms with E-state index in [1.54, 1.807) is 12.2 Å². The summed E-state index contributed by atoms with van der Waals surface area (Å²) < 4.78 is 0. The molecule has 2 unspecified atom stereocenters. The van der Waals surface area contributed by atoms with Gasteiger partial charge in [0.1, 0.15) is 12.1 Å². The van der Waals surface area contributed by atoms with Gasteiger partial charge in [-0.1, -0.05) is 26.3 Å². The van der Waals surface area contributed by atoms with Crippen molar-refractivity contribution in [1.29, 1.82) is 0 Å². The molecule has 0 fully saturated rings. The molecule has 0 spiro atoms. The van der Waals surface area contributed by atoms with Crippen LogP contribution in [0.5, 0.6) is 0 Å². The summed E-state index contributed by atoms with van der Waals surface area (Å²) in [6.07, 6.45) is 8.13. The molecule has 11 nitrogen and oxygen atoms in total. The highest BCUT2D eigenvalue weighted by atomic mass is 16.3. The van der Waals surface area contributed by atoms with Crippen LogP contribution in [0.4, 0.5) is 0 Å². The first-order valence-electron chi connectivity index (χ1n) is 12.3. The summed E-state index contributed by atoms with van der Waals surface area (Å²) in [7, 11) is 0. The van der Waals surface area contributed by atoms with E-state index in [1.165, 1.54) is 0 Å². The summed E-state index contributed by atoms with van der Waals surface area (Å²) in [5, 5.41) is 17.6. The number of allylic oxidation sites excluding steroid dienone is 3. The fourth-order valence-corrected chi connectivity index (χ4v) is 3.61. The molecule has 1 rings (SSSR count). The van der Waals surface area contributed by atoms with E-state index in [0.717, 1.165) is 11.3 Å². The number of aliphatic hydroxyl groups is 1. The molecule has 11 heteroatoms. The second-order valence-corrected chi connectivity index (χ2v) is 9.07. The van der Waals surface area contributed by atoms with E-state index in [-0.39, 0.29) is 36.7 Å². The second-order valence-electron chi connectivity index (χ2n) is 9.07. The van der Waals surface area contributed by atoms with Gasteiger partial charge >= 0.3 is 0 Å². The molecule has 0 aromatic heterocycles. The van der Waals surface area contributed by atoms with Gasteiger partial charge in [0.2, 0.25) is 23.6 Å². The highest BCUT2D eigenvalue weighted by Crippen LogP contribution is 2.16. The Kier molecular flexibility index (Phi) is 14.5. The lowest BCUT2D eigenvalue weighted by Gasteiger charge is -2.26. The molecule has 9 N–H and O–H groups in total. The fraction of sp³-hybridized carbons (Fsp3) is 0.667. The summed E-state index contributed by atoms with van der Waals surface area (Å²) in [6, 6.07) is -1.58. The molecule has 2 atom stereocenters. The standard InChI is InChI=1S/C24H42N6O5/c1-16(2)22(29-20(32)8-4-3-5-9-21(33)30-26)24(35)28-19(7-6-14-25)23(34)27-18-12-10-17(15-31)11-13-18/h10,12,16,19,22,31H,3-9,11,13-15,25-26H2,1-2H3,(H,27,34)(H,28,35)(H,29,32)(H,30,33). The van der Waals surface area contributed by atoms with Crippen molar-refractivity contribution in [2.24, 2.45) is 17.5 Å². The fourth-order valence-electron chi connectivity index (χ4n) is 3.61. The van der Waals surface area contributed by atoms with Crippen LogP contribution in [0, 0.1) is 5.92 Å². The van der Waals surface area contributed by atoms with Crippen LogP contribution in [0.15, 0.2) is 23.4 Å². The minimum atomic E-state index is -0.790. The number of amides is 4. The zero-order chi connectivity index (χ0) is 26.2. The van der Waals surface area contributed by atoms with Gasteiger partial charge in [0.15, 0.2) is 0 Å². The number of carbonyl (C=O) groups is 4. The van der Waals surface area contributed by atoms with Crippen LogP contribution >= 0.6 is 0 Å². The Morgan fingerprint density at radius 3 is 2.17 bits per heavy atom. The maximum absolute atomic E-state index is 13.0. The van der Waals surface area contributed by atoms with Gasteiger partial charge in [0.05, 0.1) is 6.61 Å². The molecule has 0 bridgehead atoms. The molecule has 198 valence electrons. The van der Waals surface area contributed by atoms with Crippen molar-refractivity contribution in [1.82, 2.24) is 21.4 Å². The largest absolute Gasteiger partial charge is 0.392 e. The van der Waals surface area contributed by atoms with E-state index < -0.39 is 18.0 Å². The van der Waals surface area contributed by atoms with E-state index >= 15 is 0 Å². The third-order valence-corrected chi connectivity index (χ3v) is 5.79. The SMILES string of the molecule is CC(C)C(NC(=O)CCCCCC(=O)NN)C(=O)NC(CCCN)C(=O)NC1=CC=C(CO)CC1.